The highest BCUT2D eigenvalue weighted by molar-refractivity contribution is 5.99. The van der Waals surface area contributed by atoms with Gasteiger partial charge in [0.15, 0.2) is 5.78 Å². The van der Waals surface area contributed by atoms with Crippen LogP contribution >= 0.6 is 0 Å². The van der Waals surface area contributed by atoms with E-state index in [9.17, 15) is 13.6 Å². The molecule has 0 amide bonds. The van der Waals surface area contributed by atoms with Gasteiger partial charge in [0.25, 0.3) is 0 Å². The van der Waals surface area contributed by atoms with Crippen LogP contribution in [0.3, 0.4) is 0 Å². The van der Waals surface area contributed by atoms with Gasteiger partial charge in [-0.05, 0) is 56.4 Å². The number of nitrogens with zero attached hydrogens (tertiary/aromatic N) is 1. The molecule has 0 N–H and O–H groups in total. The molecule has 170 valence electrons. The molecule has 5 heteroatoms. The summed E-state index contributed by atoms with van der Waals surface area (Å²) in [6.45, 7) is 4.04. The summed E-state index contributed by atoms with van der Waals surface area (Å²) in [6.07, 6.45) is 5.37. The second-order valence-electron chi connectivity index (χ2n) is 8.54. The number of allylic oxidation sites excluding steroid dienone is 2. The second kappa shape index (κ2) is 10.1. The zero-order valence-corrected chi connectivity index (χ0v) is 18.9. The van der Waals surface area contributed by atoms with E-state index in [1.807, 2.05) is 13.0 Å². The maximum Gasteiger partial charge on any atom is 0.214 e. The third-order valence-electron chi connectivity index (χ3n) is 5.76. The van der Waals surface area contributed by atoms with Crippen molar-refractivity contribution in [2.75, 3.05) is 0 Å². The van der Waals surface area contributed by atoms with Crippen LogP contribution in [0.5, 0.6) is 5.88 Å². The summed E-state index contributed by atoms with van der Waals surface area (Å²) in [7, 11) is 0. The molecule has 1 saturated carbocycles. The summed E-state index contributed by atoms with van der Waals surface area (Å²) in [4.78, 5) is 16.6. The van der Waals surface area contributed by atoms with Gasteiger partial charge in [0, 0.05) is 28.7 Å². The number of hydrogen-bond donors (Lipinski definition) is 0. The van der Waals surface area contributed by atoms with E-state index in [0.717, 1.165) is 24.8 Å². The van der Waals surface area contributed by atoms with E-state index < -0.39 is 5.82 Å². The normalized spacial score (nSPS) is 13.8. The van der Waals surface area contributed by atoms with Crippen LogP contribution in [-0.2, 0) is 13.0 Å². The van der Waals surface area contributed by atoms with E-state index in [1.54, 1.807) is 36.4 Å². The number of hydrogen-bond acceptors (Lipinski definition) is 3. The second-order valence-corrected chi connectivity index (χ2v) is 8.54. The molecule has 3 aromatic rings. The quantitative estimate of drug-likeness (QED) is 0.259. The van der Waals surface area contributed by atoms with Crippen molar-refractivity contribution < 1.29 is 18.3 Å². The molecule has 1 fully saturated rings. The standard InChI is InChI=1S/C28H27F2NO2/c1-3-5-18(2)14-20-10-11-21(15-24(20)29)26-6-4-7-27(31-26)33-17-23-13-12-22(16-25(23)30)28(32)19-8-9-19/h4-7,10-13,15-16,19H,3,8-9,14,17H2,1-2H3/b18-5-. The SMILES string of the molecule is CC/C=C(/C)Cc1ccc(-c2cccc(OCc3ccc(C(=O)C4CC4)cc3F)n2)cc1F. The van der Waals surface area contributed by atoms with Crippen LogP contribution in [0.25, 0.3) is 11.3 Å². The number of carbonyl (C=O) groups excluding carboxylic acids is 1. The molecule has 3 nitrogen and oxygen atoms in total. The van der Waals surface area contributed by atoms with Gasteiger partial charge in [-0.25, -0.2) is 13.8 Å². The lowest BCUT2D eigenvalue weighted by Gasteiger charge is -2.10. The first-order valence-corrected chi connectivity index (χ1v) is 11.3. The topological polar surface area (TPSA) is 39.2 Å². The molecular weight excluding hydrogens is 420 g/mol. The van der Waals surface area contributed by atoms with Crippen LogP contribution in [-0.4, -0.2) is 10.8 Å². The Hall–Kier alpha value is -3.34. The number of rotatable bonds is 9. The Labute approximate surface area is 193 Å². The number of ketones is 1. The fourth-order valence-corrected chi connectivity index (χ4v) is 3.78. The largest absolute Gasteiger partial charge is 0.473 e. The Bertz CT molecular complexity index is 1200. The molecule has 1 aromatic heterocycles. The summed E-state index contributed by atoms with van der Waals surface area (Å²) in [5.74, 6) is -0.369. The molecule has 0 aliphatic heterocycles. The molecule has 0 unspecified atom stereocenters. The minimum atomic E-state index is -0.470. The zero-order valence-electron chi connectivity index (χ0n) is 18.9. The molecule has 33 heavy (non-hydrogen) atoms. The number of aromatic nitrogens is 1. The molecule has 1 aliphatic rings. The van der Waals surface area contributed by atoms with Crippen molar-refractivity contribution in [1.82, 2.24) is 4.98 Å². The minimum absolute atomic E-state index is 0.00512. The maximum atomic E-state index is 14.6. The van der Waals surface area contributed by atoms with E-state index in [2.05, 4.69) is 18.0 Å². The lowest BCUT2D eigenvalue weighted by Crippen LogP contribution is -2.05. The smallest absolute Gasteiger partial charge is 0.214 e. The number of benzene rings is 2. The number of carbonyl (C=O) groups is 1. The lowest BCUT2D eigenvalue weighted by atomic mass is 10.0. The summed E-state index contributed by atoms with van der Waals surface area (Å²) in [5, 5.41) is 0. The Morgan fingerprint density at radius 1 is 1.06 bits per heavy atom. The first-order chi connectivity index (χ1) is 15.9. The Morgan fingerprint density at radius 2 is 1.82 bits per heavy atom. The van der Waals surface area contributed by atoms with Gasteiger partial charge in [-0.3, -0.25) is 4.79 Å². The fraction of sp³-hybridized carbons (Fsp3) is 0.286. The van der Waals surface area contributed by atoms with Crippen LogP contribution in [0, 0.1) is 17.6 Å². The summed E-state index contributed by atoms with van der Waals surface area (Å²) < 4.78 is 34.8. The predicted molar refractivity (Wildman–Crippen MR) is 125 cm³/mol. The Kier molecular flexibility index (Phi) is 6.97. The zero-order chi connectivity index (χ0) is 23.4. The highest BCUT2D eigenvalue weighted by atomic mass is 19.1. The highest BCUT2D eigenvalue weighted by Crippen LogP contribution is 2.33. The molecule has 0 saturated heterocycles. The molecular formula is C28H27F2NO2. The summed E-state index contributed by atoms with van der Waals surface area (Å²) in [5.41, 5.74) is 3.75. The van der Waals surface area contributed by atoms with E-state index in [0.29, 0.717) is 40.2 Å². The molecule has 0 atom stereocenters. The van der Waals surface area contributed by atoms with Crippen LogP contribution in [0.4, 0.5) is 8.78 Å². The Morgan fingerprint density at radius 3 is 2.52 bits per heavy atom. The monoisotopic (exact) mass is 447 g/mol. The van der Waals surface area contributed by atoms with Crippen molar-refractivity contribution in [3.05, 3.63) is 94.6 Å². The van der Waals surface area contributed by atoms with Crippen LogP contribution in [0.15, 0.2) is 66.2 Å². The van der Waals surface area contributed by atoms with E-state index in [4.69, 9.17) is 4.74 Å². The highest BCUT2D eigenvalue weighted by Gasteiger charge is 2.30. The maximum absolute atomic E-state index is 14.6. The molecule has 1 heterocycles. The van der Waals surface area contributed by atoms with Crippen molar-refractivity contribution in [3.63, 3.8) is 0 Å². The van der Waals surface area contributed by atoms with Gasteiger partial charge < -0.3 is 4.74 Å². The van der Waals surface area contributed by atoms with E-state index in [-0.39, 0.29) is 24.1 Å². The molecule has 0 bridgehead atoms. The molecule has 0 radical (unpaired) electrons. The van der Waals surface area contributed by atoms with Gasteiger partial charge in [0.2, 0.25) is 5.88 Å². The average molecular weight is 448 g/mol. The Balaban J connectivity index is 1.44. The molecule has 0 spiro atoms. The van der Waals surface area contributed by atoms with Crippen LogP contribution in [0.1, 0.15) is 54.6 Å². The van der Waals surface area contributed by atoms with Gasteiger partial charge in [-0.1, -0.05) is 48.9 Å². The van der Waals surface area contributed by atoms with Gasteiger partial charge in [0.1, 0.15) is 18.2 Å². The lowest BCUT2D eigenvalue weighted by molar-refractivity contribution is 0.0967. The first kappa shape index (κ1) is 22.8. The number of ether oxygens (including phenoxy) is 1. The summed E-state index contributed by atoms with van der Waals surface area (Å²) in [6, 6.07) is 14.8. The number of pyridine rings is 1. The van der Waals surface area contributed by atoms with Crippen molar-refractivity contribution in [1.29, 1.82) is 0 Å². The van der Waals surface area contributed by atoms with Crippen molar-refractivity contribution in [2.45, 2.75) is 46.1 Å². The molecule has 1 aliphatic carbocycles. The minimum Gasteiger partial charge on any atom is -0.473 e. The average Bonchev–Trinajstić information content (AvgIpc) is 3.65. The number of Topliss-reactive ketones (excluding diaryl/α,β-unsaturated/α-hetero) is 1. The predicted octanol–water partition coefficient (Wildman–Crippen LogP) is 7.10. The van der Waals surface area contributed by atoms with E-state index in [1.165, 1.54) is 12.1 Å². The van der Waals surface area contributed by atoms with Gasteiger partial charge in [0.05, 0.1) is 5.69 Å². The van der Waals surface area contributed by atoms with Crippen LogP contribution < -0.4 is 4.74 Å². The van der Waals surface area contributed by atoms with Crippen molar-refractivity contribution in [3.8, 4) is 17.1 Å². The van der Waals surface area contributed by atoms with E-state index >= 15 is 0 Å². The number of halogens is 2. The van der Waals surface area contributed by atoms with Crippen molar-refractivity contribution in [2.24, 2.45) is 5.92 Å². The van der Waals surface area contributed by atoms with Gasteiger partial charge >= 0.3 is 0 Å². The van der Waals surface area contributed by atoms with Gasteiger partial charge in [-0.15, -0.1) is 0 Å². The first-order valence-electron chi connectivity index (χ1n) is 11.3. The van der Waals surface area contributed by atoms with Crippen molar-refractivity contribution >= 4 is 5.78 Å². The summed E-state index contributed by atoms with van der Waals surface area (Å²) >= 11 is 0. The van der Waals surface area contributed by atoms with Gasteiger partial charge in [-0.2, -0.15) is 0 Å². The third kappa shape index (κ3) is 5.72. The third-order valence-corrected chi connectivity index (χ3v) is 5.76. The fourth-order valence-electron chi connectivity index (χ4n) is 3.78. The van der Waals surface area contributed by atoms with Crippen LogP contribution in [0.2, 0.25) is 0 Å². The molecule has 4 rings (SSSR count). The molecule has 2 aromatic carbocycles.